The molecule has 484 valence electrons. The van der Waals surface area contributed by atoms with E-state index in [-0.39, 0.29) is 74.9 Å². The maximum atomic E-state index is 15.2. The summed E-state index contributed by atoms with van der Waals surface area (Å²) >= 11 is 0. The number of benzene rings is 6. The molecule has 18 nitrogen and oxygen atoms in total. The smallest absolute Gasteiger partial charge is 0.407 e. The number of nitrogens with one attached hydrogen (secondary N) is 5. The summed E-state index contributed by atoms with van der Waals surface area (Å²) in [6.45, 7) is 7.88. The Morgan fingerprint density at radius 2 is 0.835 bits per heavy atom. The predicted octanol–water partition coefficient (Wildman–Crippen LogP) is 8.59. The van der Waals surface area contributed by atoms with Crippen molar-refractivity contribution in [3.8, 4) is 22.3 Å². The third-order valence-electron chi connectivity index (χ3n) is 16.6. The molecule has 4 heterocycles. The van der Waals surface area contributed by atoms with Crippen molar-refractivity contribution in [3.63, 3.8) is 0 Å². The summed E-state index contributed by atoms with van der Waals surface area (Å²) in [5.41, 5.74) is 2.69. The van der Waals surface area contributed by atoms with E-state index < -0.39 is 128 Å². The zero-order valence-electron chi connectivity index (χ0n) is 50.4. The van der Waals surface area contributed by atoms with E-state index in [4.69, 9.17) is 10.5 Å². The molecule has 4 aliphatic heterocycles. The molecular weight excluding hydrogens is 1200 g/mol. The lowest BCUT2D eigenvalue weighted by Crippen LogP contribution is -2.65. The molecule has 4 saturated heterocycles. The van der Waals surface area contributed by atoms with Gasteiger partial charge in [0.2, 0.25) is 0 Å². The second-order valence-electron chi connectivity index (χ2n) is 24.4. The number of aliphatic hydroxyl groups is 2. The van der Waals surface area contributed by atoms with Crippen LogP contribution in [0.2, 0.25) is 0 Å². The minimum Gasteiger partial charge on any atom is -0.444 e. The molecule has 6 aromatic carbocycles. The molecule has 0 aliphatic carbocycles. The monoisotopic (exact) mass is 1270 g/mol. The summed E-state index contributed by atoms with van der Waals surface area (Å²) in [6, 6.07) is 20.8. The van der Waals surface area contributed by atoms with E-state index in [1.54, 1.807) is 69.3 Å². The molecule has 4 atom stereocenters. The van der Waals surface area contributed by atoms with Crippen molar-refractivity contribution in [2.45, 2.75) is 37.6 Å². The number of likely N-dealkylation sites (tertiary alicyclic amines) is 4. The van der Waals surface area contributed by atoms with E-state index in [9.17, 15) is 60.5 Å². The third-order valence-corrected chi connectivity index (χ3v) is 16.6. The van der Waals surface area contributed by atoms with E-state index in [2.05, 4.69) is 36.4 Å². The number of ether oxygens (including phenoxy) is 1. The Morgan fingerprint density at radius 3 is 1.18 bits per heavy atom. The first-order chi connectivity index (χ1) is 43.0. The Bertz CT molecular complexity index is 3640. The maximum absolute atomic E-state index is 15.2. The SMILES string of the molecule is CN1CC2CN(C(=O)Nc3cc(F)cc(F)c3)CC(C1)C2(O)c1ccc(-c2cc(F)c(C(=O)NCCN)cc2F)cc1.CN1CC2CN(C(=O)Nc3cc(F)cc(F)c3)CC(C1)C2(O)c1ccc(-c2cc(F)c(C(=O)NCCNC(=O)OC(C)(C)C)cc2F)cc1. The number of fused-ring (bicyclic) bond motifs is 4. The Morgan fingerprint density at radius 1 is 0.495 bits per heavy atom. The average Bonchev–Trinajstić information content (AvgIpc) is 0.745. The highest BCUT2D eigenvalue weighted by Gasteiger charge is 2.55. The summed E-state index contributed by atoms with van der Waals surface area (Å²) < 4.78 is 120. The quantitative estimate of drug-likeness (QED) is 0.0403. The number of carbonyl (C=O) groups excluding carboxylic acids is 5. The van der Waals surface area contributed by atoms with E-state index in [1.807, 2.05) is 14.1 Å². The molecule has 4 fully saturated rings. The van der Waals surface area contributed by atoms with Gasteiger partial charge in [0, 0.05) is 137 Å². The number of carbonyl (C=O) groups is 5. The highest BCUT2D eigenvalue weighted by atomic mass is 19.2. The fraction of sp³-hybridized carbons (Fsp3) is 0.369. The lowest BCUT2D eigenvalue weighted by atomic mass is 9.66. The molecule has 4 unspecified atom stereocenters. The fourth-order valence-corrected chi connectivity index (χ4v) is 12.6. The summed E-state index contributed by atoms with van der Waals surface area (Å²) in [4.78, 5) is 69.7. The van der Waals surface area contributed by atoms with Gasteiger partial charge < -0.3 is 66.9 Å². The van der Waals surface area contributed by atoms with Gasteiger partial charge in [0.25, 0.3) is 11.8 Å². The highest BCUT2D eigenvalue weighted by Crippen LogP contribution is 2.47. The molecule has 4 bridgehead atoms. The van der Waals surface area contributed by atoms with Gasteiger partial charge in [-0.1, -0.05) is 48.5 Å². The normalized spacial score (nSPS) is 21.4. The Kier molecular flexibility index (Phi) is 20.1. The van der Waals surface area contributed by atoms with Gasteiger partial charge in [0.1, 0.15) is 63.3 Å². The molecule has 91 heavy (non-hydrogen) atoms. The lowest BCUT2D eigenvalue weighted by molar-refractivity contribution is -0.153. The minimum absolute atomic E-state index is 0.0101. The molecule has 26 heteroatoms. The van der Waals surface area contributed by atoms with Crippen LogP contribution in [0.25, 0.3) is 22.3 Å². The molecule has 0 saturated carbocycles. The van der Waals surface area contributed by atoms with E-state index >= 15 is 8.78 Å². The van der Waals surface area contributed by atoms with Crippen LogP contribution in [0.4, 0.5) is 60.9 Å². The van der Waals surface area contributed by atoms with Crippen LogP contribution in [-0.2, 0) is 15.9 Å². The molecule has 7 amide bonds. The number of anilines is 2. The molecule has 9 N–H and O–H groups in total. The number of urea groups is 2. The zero-order chi connectivity index (χ0) is 65.9. The molecule has 4 aliphatic rings. The molecule has 0 aromatic heterocycles. The Balaban J connectivity index is 0.000000218. The third kappa shape index (κ3) is 15.2. The number of alkyl carbamates (subject to hydrolysis) is 1. The zero-order valence-corrected chi connectivity index (χ0v) is 50.4. The fourth-order valence-electron chi connectivity index (χ4n) is 12.6. The van der Waals surface area contributed by atoms with Gasteiger partial charge >= 0.3 is 18.2 Å². The van der Waals surface area contributed by atoms with Crippen LogP contribution in [-0.4, -0.2) is 158 Å². The van der Waals surface area contributed by atoms with Gasteiger partial charge in [-0.3, -0.25) is 9.59 Å². The molecule has 0 radical (unpaired) electrons. The van der Waals surface area contributed by atoms with Crippen molar-refractivity contribution < 1.29 is 74.0 Å². The van der Waals surface area contributed by atoms with Crippen molar-refractivity contribution in [1.82, 2.24) is 35.6 Å². The first kappa shape index (κ1) is 66.7. The van der Waals surface area contributed by atoms with Gasteiger partial charge in [0.15, 0.2) is 0 Å². The topological polar surface area (TPSA) is 234 Å². The minimum atomic E-state index is -1.35. The summed E-state index contributed by atoms with van der Waals surface area (Å²) in [6.07, 6.45) is -0.675. The Labute approximate surface area is 519 Å². The Hall–Kier alpha value is -8.69. The number of hydrogen-bond donors (Lipinski definition) is 8. The number of nitrogens with zero attached hydrogens (tertiary/aromatic N) is 4. The van der Waals surface area contributed by atoms with Crippen LogP contribution in [0.15, 0.2) is 109 Å². The van der Waals surface area contributed by atoms with Gasteiger partial charge in [-0.15, -0.1) is 0 Å². The number of halogens is 8. The first-order valence-electron chi connectivity index (χ1n) is 29.3. The number of piperidine rings is 4. The predicted molar refractivity (Wildman–Crippen MR) is 322 cm³/mol. The molecule has 0 spiro atoms. The summed E-state index contributed by atoms with van der Waals surface area (Å²) in [7, 11) is 3.83. The van der Waals surface area contributed by atoms with Crippen molar-refractivity contribution >= 4 is 41.3 Å². The van der Waals surface area contributed by atoms with Crippen molar-refractivity contribution in [3.05, 3.63) is 178 Å². The van der Waals surface area contributed by atoms with Crippen molar-refractivity contribution in [2.24, 2.45) is 29.4 Å². The van der Waals surface area contributed by atoms with Gasteiger partial charge in [-0.05, 0) is 106 Å². The first-order valence-corrected chi connectivity index (χ1v) is 29.3. The van der Waals surface area contributed by atoms with Crippen LogP contribution >= 0.6 is 0 Å². The number of hydrogen-bond acceptors (Lipinski definition) is 11. The van der Waals surface area contributed by atoms with Crippen LogP contribution in [0.3, 0.4) is 0 Å². The van der Waals surface area contributed by atoms with Crippen LogP contribution in [0, 0.1) is 70.2 Å². The summed E-state index contributed by atoms with van der Waals surface area (Å²) in [5.74, 6) is -10.0. The van der Waals surface area contributed by atoms with Gasteiger partial charge in [-0.2, -0.15) is 0 Å². The van der Waals surface area contributed by atoms with E-state index in [0.29, 0.717) is 60.6 Å². The lowest BCUT2D eigenvalue weighted by Gasteiger charge is -2.55. The number of rotatable bonds is 13. The van der Waals surface area contributed by atoms with Gasteiger partial charge in [-0.25, -0.2) is 49.5 Å². The van der Waals surface area contributed by atoms with Gasteiger partial charge in [0.05, 0.1) is 11.1 Å². The number of amides is 7. The van der Waals surface area contributed by atoms with Crippen LogP contribution < -0.4 is 32.3 Å². The molecular formula is C65H70F8N10O8. The largest absolute Gasteiger partial charge is 0.444 e. The standard InChI is InChI=1S/C35H39F4N5O5.C30H31F4N5O3/c1-34(2,3)49-33(47)41-10-9-40-31(45)28-15-29(38)27(14-30(28)39)20-5-7-21(8-6-20)35(48)22-16-43(4)17-23(35)19-44(18-22)32(46)42-26-12-24(36)11-25(37)13-26;1-38-13-19-15-39(29(41)37-23-9-21(31)8-22(32)10-23)16-20(14-38)30(19,42)18-4-2-17(3-5-18)24-11-27(34)25(12-26(24)33)28(40)36-7-6-35/h5-8,11-15,22-23,48H,9-10,16-19H2,1-4H3,(H,40,45)(H,41,47)(H,42,46);2-5,8-12,19-20,42H,6-7,13-16,35H2,1H3,(H,36,40)(H,37,41). The molecule has 6 aromatic rings. The second kappa shape index (κ2) is 27.4. The van der Waals surface area contributed by atoms with Crippen molar-refractivity contribution in [1.29, 1.82) is 0 Å². The highest BCUT2D eigenvalue weighted by molar-refractivity contribution is 5.96. The number of nitrogens with two attached hydrogens (primary N) is 1. The van der Waals surface area contributed by atoms with E-state index in [1.165, 1.54) is 9.80 Å². The second-order valence-corrected chi connectivity index (χ2v) is 24.4. The van der Waals surface area contributed by atoms with Crippen LogP contribution in [0.5, 0.6) is 0 Å². The average molecular weight is 1270 g/mol. The van der Waals surface area contributed by atoms with E-state index in [0.717, 1.165) is 48.5 Å². The van der Waals surface area contributed by atoms with Crippen molar-refractivity contribution in [2.75, 3.05) is 103 Å². The summed E-state index contributed by atoms with van der Waals surface area (Å²) in [5, 5.41) is 36.6. The van der Waals surface area contributed by atoms with Crippen LogP contribution in [0.1, 0.15) is 52.6 Å². The maximum Gasteiger partial charge on any atom is 0.407 e. The molecule has 10 rings (SSSR count).